The Balaban J connectivity index is 1.92. The van der Waals surface area contributed by atoms with Gasteiger partial charge in [0.15, 0.2) is 0 Å². The van der Waals surface area contributed by atoms with Gasteiger partial charge >= 0.3 is 5.97 Å². The van der Waals surface area contributed by atoms with Crippen molar-refractivity contribution in [3.05, 3.63) is 0 Å². The van der Waals surface area contributed by atoms with Crippen LogP contribution in [0.15, 0.2) is 0 Å². The van der Waals surface area contributed by atoms with Crippen molar-refractivity contribution >= 4 is 18.0 Å². The molecule has 4 nitrogen and oxygen atoms in total. The molecule has 0 aliphatic heterocycles. The molecule has 0 saturated heterocycles. The summed E-state index contributed by atoms with van der Waals surface area (Å²) in [7, 11) is 1.37. The number of Topliss-reactive ketones (excluding diaryl/α,β-unsaturated/α-hetero) is 1. The van der Waals surface area contributed by atoms with Gasteiger partial charge in [-0.1, -0.05) is 20.8 Å². The average Bonchev–Trinajstić information content (AvgIpc) is 2.88. The van der Waals surface area contributed by atoms with Crippen LogP contribution in [0.1, 0.15) is 46.5 Å². The summed E-state index contributed by atoms with van der Waals surface area (Å²) in [6.07, 6.45) is 3.43. The number of esters is 1. The molecule has 3 fully saturated rings. The van der Waals surface area contributed by atoms with Crippen LogP contribution in [0.5, 0.6) is 0 Å². The molecule has 0 bridgehead atoms. The van der Waals surface area contributed by atoms with E-state index in [-0.39, 0.29) is 34.9 Å². The summed E-state index contributed by atoms with van der Waals surface area (Å²) >= 11 is 0. The van der Waals surface area contributed by atoms with E-state index in [0.29, 0.717) is 31.1 Å². The molecule has 4 heteroatoms. The third-order valence-corrected chi connectivity index (χ3v) is 7.18. The van der Waals surface area contributed by atoms with Crippen LogP contribution in [0.4, 0.5) is 0 Å². The Morgan fingerprint density at radius 2 is 1.95 bits per heavy atom. The molecule has 3 aliphatic carbocycles. The van der Waals surface area contributed by atoms with E-state index in [9.17, 15) is 14.4 Å². The van der Waals surface area contributed by atoms with Gasteiger partial charge in [-0.2, -0.15) is 0 Å². The molecule has 0 aromatic carbocycles. The Hall–Kier alpha value is -1.19. The minimum absolute atomic E-state index is 0.154. The Morgan fingerprint density at radius 3 is 2.55 bits per heavy atom. The molecule has 3 aliphatic rings. The summed E-state index contributed by atoms with van der Waals surface area (Å²) in [5, 5.41) is 0. The number of ether oxygens (including phenoxy) is 1. The number of fused-ring (bicyclic) bond motifs is 1. The average molecular weight is 306 g/mol. The van der Waals surface area contributed by atoms with Crippen molar-refractivity contribution in [1.29, 1.82) is 0 Å². The highest BCUT2D eigenvalue weighted by Crippen LogP contribution is 2.68. The summed E-state index contributed by atoms with van der Waals surface area (Å²) in [6, 6.07) is 0. The first kappa shape index (κ1) is 15.7. The summed E-state index contributed by atoms with van der Waals surface area (Å²) in [6.45, 7) is 6.58. The van der Waals surface area contributed by atoms with E-state index < -0.39 is 5.41 Å². The van der Waals surface area contributed by atoms with Crippen LogP contribution in [0.25, 0.3) is 0 Å². The zero-order chi connectivity index (χ0) is 16.3. The molecule has 3 rings (SSSR count). The van der Waals surface area contributed by atoms with Gasteiger partial charge in [-0.15, -0.1) is 0 Å². The van der Waals surface area contributed by atoms with Gasteiger partial charge in [0.2, 0.25) is 0 Å². The monoisotopic (exact) mass is 306 g/mol. The van der Waals surface area contributed by atoms with Gasteiger partial charge in [-0.05, 0) is 42.4 Å². The molecular formula is C18H26O4. The molecule has 0 heterocycles. The lowest BCUT2D eigenvalue weighted by atomic mass is 9.64. The Labute approximate surface area is 132 Å². The molecule has 0 N–H and O–H groups in total. The van der Waals surface area contributed by atoms with Crippen LogP contribution in [-0.2, 0) is 19.1 Å². The smallest absolute Gasteiger partial charge is 0.308 e. The summed E-state index contributed by atoms with van der Waals surface area (Å²) in [5.41, 5.74) is -0.382. The van der Waals surface area contributed by atoms with Gasteiger partial charge in [0.05, 0.1) is 13.0 Å². The predicted molar refractivity (Wildman–Crippen MR) is 80.9 cm³/mol. The van der Waals surface area contributed by atoms with Crippen LogP contribution in [0, 0.1) is 40.4 Å². The van der Waals surface area contributed by atoms with Crippen LogP contribution >= 0.6 is 0 Å². The minimum atomic E-state index is -0.635. The van der Waals surface area contributed by atoms with Crippen molar-refractivity contribution in [3.8, 4) is 0 Å². The summed E-state index contributed by atoms with van der Waals surface area (Å²) in [4.78, 5) is 36.7. The fraction of sp³-hybridized carbons (Fsp3) is 0.833. The van der Waals surface area contributed by atoms with Crippen LogP contribution in [0.3, 0.4) is 0 Å². The first-order chi connectivity index (χ1) is 10.3. The van der Waals surface area contributed by atoms with Gasteiger partial charge in [0.1, 0.15) is 12.1 Å². The first-order valence-corrected chi connectivity index (χ1v) is 8.35. The third-order valence-electron chi connectivity index (χ3n) is 7.18. The third kappa shape index (κ3) is 1.92. The number of methoxy groups -OCH3 is 1. The van der Waals surface area contributed by atoms with Gasteiger partial charge < -0.3 is 9.53 Å². The molecule has 0 aromatic heterocycles. The SMILES string of the molecule is COC(=O)C1CC(C=O)C2(C1)C(=O)CC1C(CC2C)C1(C)C. The quantitative estimate of drug-likeness (QED) is 0.581. The minimum Gasteiger partial charge on any atom is -0.469 e. The normalized spacial score (nSPS) is 46.0. The van der Waals surface area contributed by atoms with E-state index in [2.05, 4.69) is 20.8 Å². The highest BCUT2D eigenvalue weighted by molar-refractivity contribution is 5.91. The maximum atomic E-state index is 13.1. The second-order valence-electron chi connectivity index (χ2n) is 8.24. The van der Waals surface area contributed by atoms with Gasteiger partial charge in [-0.25, -0.2) is 0 Å². The predicted octanol–water partition coefficient (Wildman–Crippen LogP) is 2.64. The van der Waals surface area contributed by atoms with Crippen LogP contribution < -0.4 is 0 Å². The number of carbonyl (C=O) groups is 3. The van der Waals surface area contributed by atoms with Crippen molar-refractivity contribution in [2.24, 2.45) is 40.4 Å². The number of hydrogen-bond acceptors (Lipinski definition) is 4. The number of carbonyl (C=O) groups excluding carboxylic acids is 3. The number of ketones is 1. The maximum Gasteiger partial charge on any atom is 0.308 e. The van der Waals surface area contributed by atoms with Crippen molar-refractivity contribution < 1.29 is 19.1 Å². The van der Waals surface area contributed by atoms with Crippen molar-refractivity contribution in [3.63, 3.8) is 0 Å². The summed E-state index contributed by atoms with van der Waals surface area (Å²) < 4.78 is 4.86. The second-order valence-corrected chi connectivity index (χ2v) is 8.24. The number of aldehydes is 1. The molecule has 122 valence electrons. The standard InChI is InChI=1S/C18H26O4/c1-10-5-13-14(17(13,2)3)7-15(20)18(10)8-11(16(21)22-4)6-12(18)9-19/h9-14H,5-8H2,1-4H3. The van der Waals surface area contributed by atoms with Gasteiger partial charge in [-0.3, -0.25) is 9.59 Å². The molecule has 1 spiro atoms. The second kappa shape index (κ2) is 4.90. The largest absolute Gasteiger partial charge is 0.469 e. The summed E-state index contributed by atoms with van der Waals surface area (Å²) in [5.74, 6) is 0.469. The van der Waals surface area contributed by atoms with Crippen LogP contribution in [-0.4, -0.2) is 25.1 Å². The van der Waals surface area contributed by atoms with Crippen molar-refractivity contribution in [2.75, 3.05) is 7.11 Å². The topological polar surface area (TPSA) is 60.4 Å². The lowest BCUT2D eigenvalue weighted by molar-refractivity contribution is -0.146. The van der Waals surface area contributed by atoms with E-state index >= 15 is 0 Å². The fourth-order valence-corrected chi connectivity index (χ4v) is 5.56. The number of hydrogen-bond donors (Lipinski definition) is 0. The Kier molecular flexibility index (Phi) is 3.50. The lowest BCUT2D eigenvalue weighted by Crippen LogP contribution is -2.41. The van der Waals surface area contributed by atoms with Crippen molar-refractivity contribution in [1.82, 2.24) is 0 Å². The molecular weight excluding hydrogens is 280 g/mol. The molecule has 6 unspecified atom stereocenters. The molecule has 0 radical (unpaired) electrons. The highest BCUT2D eigenvalue weighted by Gasteiger charge is 2.66. The van der Waals surface area contributed by atoms with Gasteiger partial charge in [0.25, 0.3) is 0 Å². The maximum absolute atomic E-state index is 13.1. The molecule has 0 aromatic rings. The van der Waals surface area contributed by atoms with Gasteiger partial charge in [0, 0.05) is 17.8 Å². The Morgan fingerprint density at radius 1 is 1.27 bits per heavy atom. The molecule has 0 amide bonds. The molecule has 3 saturated carbocycles. The van der Waals surface area contributed by atoms with Crippen LogP contribution in [0.2, 0.25) is 0 Å². The first-order valence-electron chi connectivity index (χ1n) is 8.35. The zero-order valence-corrected chi connectivity index (χ0v) is 13.9. The Bertz CT molecular complexity index is 523. The molecule has 6 atom stereocenters. The zero-order valence-electron chi connectivity index (χ0n) is 13.9. The fourth-order valence-electron chi connectivity index (χ4n) is 5.56. The van der Waals surface area contributed by atoms with E-state index in [1.54, 1.807) is 0 Å². The number of rotatable bonds is 2. The van der Waals surface area contributed by atoms with E-state index in [0.717, 1.165) is 12.7 Å². The highest BCUT2D eigenvalue weighted by atomic mass is 16.5. The lowest BCUT2D eigenvalue weighted by Gasteiger charge is -2.37. The van der Waals surface area contributed by atoms with E-state index in [4.69, 9.17) is 4.74 Å². The van der Waals surface area contributed by atoms with Crippen molar-refractivity contribution in [2.45, 2.75) is 46.5 Å². The van der Waals surface area contributed by atoms with E-state index in [1.807, 2.05) is 0 Å². The molecule has 22 heavy (non-hydrogen) atoms. The van der Waals surface area contributed by atoms with E-state index in [1.165, 1.54) is 7.11 Å².